The minimum atomic E-state index is -0.797. The van der Waals surface area contributed by atoms with Crippen molar-refractivity contribution in [2.45, 2.75) is 20.8 Å². The zero-order valence-electron chi connectivity index (χ0n) is 15.3. The third-order valence-corrected chi connectivity index (χ3v) is 3.78. The van der Waals surface area contributed by atoms with E-state index in [0.29, 0.717) is 11.4 Å². The van der Waals surface area contributed by atoms with Gasteiger partial charge in [0.25, 0.3) is 0 Å². The zero-order valence-corrected chi connectivity index (χ0v) is 15.3. The summed E-state index contributed by atoms with van der Waals surface area (Å²) in [6, 6.07) is 5.93. The fourth-order valence-corrected chi connectivity index (χ4v) is 2.61. The van der Waals surface area contributed by atoms with Crippen LogP contribution in [0.3, 0.4) is 0 Å². The van der Waals surface area contributed by atoms with E-state index in [2.05, 4.69) is 4.98 Å². The van der Waals surface area contributed by atoms with Crippen LogP contribution in [0.15, 0.2) is 30.3 Å². The fraction of sp³-hybridized carbons (Fsp3) is 0.250. The predicted octanol–water partition coefficient (Wildman–Crippen LogP) is 3.39. The first-order chi connectivity index (χ1) is 12.8. The van der Waals surface area contributed by atoms with Crippen molar-refractivity contribution in [1.29, 1.82) is 0 Å². The lowest BCUT2D eigenvalue weighted by molar-refractivity contribution is -0.136. The average molecular weight is 373 g/mol. The average Bonchev–Trinajstić information content (AvgIpc) is 2.93. The van der Waals surface area contributed by atoms with Gasteiger partial charge < -0.3 is 14.5 Å². The SMILES string of the molecule is CCOC(=O)c1c(C)[nH]c(C)c1C(=O)COC(=O)/C=C/c1ccccc1F. The maximum absolute atomic E-state index is 13.5. The van der Waals surface area contributed by atoms with Crippen LogP contribution in [0.25, 0.3) is 6.08 Å². The Morgan fingerprint density at radius 1 is 1.07 bits per heavy atom. The minimum Gasteiger partial charge on any atom is -0.462 e. The number of Topliss-reactive ketones (excluding diaryl/α,β-unsaturated/α-hetero) is 1. The molecule has 1 aromatic carbocycles. The number of ketones is 1. The maximum Gasteiger partial charge on any atom is 0.340 e. The van der Waals surface area contributed by atoms with Gasteiger partial charge in [0, 0.05) is 23.0 Å². The second-order valence-corrected chi connectivity index (χ2v) is 5.73. The highest BCUT2D eigenvalue weighted by Crippen LogP contribution is 2.20. The Morgan fingerprint density at radius 2 is 1.74 bits per heavy atom. The van der Waals surface area contributed by atoms with Crippen molar-refractivity contribution in [3.63, 3.8) is 0 Å². The smallest absolute Gasteiger partial charge is 0.340 e. The molecule has 2 rings (SSSR count). The lowest BCUT2D eigenvalue weighted by Gasteiger charge is -2.06. The molecule has 0 aliphatic carbocycles. The van der Waals surface area contributed by atoms with Gasteiger partial charge in [-0.2, -0.15) is 0 Å². The van der Waals surface area contributed by atoms with Gasteiger partial charge in [0.2, 0.25) is 5.78 Å². The van der Waals surface area contributed by atoms with Crippen molar-refractivity contribution >= 4 is 23.8 Å². The number of benzene rings is 1. The molecule has 0 fully saturated rings. The zero-order chi connectivity index (χ0) is 20.0. The lowest BCUT2D eigenvalue weighted by Crippen LogP contribution is -2.17. The molecule has 0 radical (unpaired) electrons. The number of aryl methyl sites for hydroxylation is 2. The van der Waals surface area contributed by atoms with Gasteiger partial charge in [0.1, 0.15) is 5.82 Å². The van der Waals surface area contributed by atoms with Crippen LogP contribution < -0.4 is 0 Å². The summed E-state index contributed by atoms with van der Waals surface area (Å²) < 4.78 is 23.4. The lowest BCUT2D eigenvalue weighted by atomic mass is 10.1. The predicted molar refractivity (Wildman–Crippen MR) is 96.9 cm³/mol. The normalized spacial score (nSPS) is 10.8. The van der Waals surface area contributed by atoms with Crippen molar-refractivity contribution in [3.05, 3.63) is 64.2 Å². The summed E-state index contributed by atoms with van der Waals surface area (Å²) in [5, 5.41) is 0. The van der Waals surface area contributed by atoms with Crippen LogP contribution in [-0.4, -0.2) is 35.9 Å². The molecule has 1 heterocycles. The monoisotopic (exact) mass is 373 g/mol. The van der Waals surface area contributed by atoms with Gasteiger partial charge in [-0.3, -0.25) is 4.79 Å². The minimum absolute atomic E-state index is 0.136. The van der Waals surface area contributed by atoms with E-state index in [1.807, 2.05) is 0 Å². The molecule has 0 aliphatic rings. The number of aromatic nitrogens is 1. The summed E-state index contributed by atoms with van der Waals surface area (Å²) in [5.41, 5.74) is 1.48. The molecule has 7 heteroatoms. The van der Waals surface area contributed by atoms with Gasteiger partial charge in [0.15, 0.2) is 6.61 Å². The summed E-state index contributed by atoms with van der Waals surface area (Å²) in [6.07, 6.45) is 2.30. The van der Waals surface area contributed by atoms with Gasteiger partial charge in [-0.25, -0.2) is 14.0 Å². The molecule has 0 aliphatic heterocycles. The number of esters is 2. The van der Waals surface area contributed by atoms with Gasteiger partial charge in [-0.05, 0) is 32.9 Å². The van der Waals surface area contributed by atoms with Crippen LogP contribution >= 0.6 is 0 Å². The second-order valence-electron chi connectivity index (χ2n) is 5.73. The van der Waals surface area contributed by atoms with E-state index in [4.69, 9.17) is 9.47 Å². The number of hydrogen-bond acceptors (Lipinski definition) is 5. The Labute approximate surface area is 156 Å². The van der Waals surface area contributed by atoms with Gasteiger partial charge in [-0.15, -0.1) is 0 Å². The van der Waals surface area contributed by atoms with E-state index < -0.39 is 30.1 Å². The number of rotatable bonds is 7. The fourth-order valence-electron chi connectivity index (χ4n) is 2.61. The van der Waals surface area contributed by atoms with E-state index in [1.54, 1.807) is 26.8 Å². The highest BCUT2D eigenvalue weighted by Gasteiger charge is 2.25. The van der Waals surface area contributed by atoms with Crippen molar-refractivity contribution in [2.24, 2.45) is 0 Å². The molecule has 0 amide bonds. The van der Waals surface area contributed by atoms with Crippen LogP contribution in [0.4, 0.5) is 4.39 Å². The topological polar surface area (TPSA) is 85.5 Å². The highest BCUT2D eigenvalue weighted by atomic mass is 19.1. The van der Waals surface area contributed by atoms with Crippen molar-refractivity contribution < 1.29 is 28.2 Å². The number of hydrogen-bond donors (Lipinski definition) is 1. The Morgan fingerprint density at radius 3 is 2.41 bits per heavy atom. The van der Waals surface area contributed by atoms with E-state index in [1.165, 1.54) is 24.3 Å². The first-order valence-electron chi connectivity index (χ1n) is 8.34. The molecule has 0 bridgehead atoms. The van der Waals surface area contributed by atoms with Gasteiger partial charge in [0.05, 0.1) is 17.7 Å². The molecule has 6 nitrogen and oxygen atoms in total. The molecular formula is C20H20FNO5. The molecule has 0 saturated carbocycles. The van der Waals surface area contributed by atoms with Crippen LogP contribution in [0, 0.1) is 19.7 Å². The first kappa shape index (κ1) is 20.1. The maximum atomic E-state index is 13.5. The van der Waals surface area contributed by atoms with Crippen LogP contribution in [0.5, 0.6) is 0 Å². The third-order valence-electron chi connectivity index (χ3n) is 3.78. The van der Waals surface area contributed by atoms with Crippen molar-refractivity contribution in [1.82, 2.24) is 4.98 Å². The quantitative estimate of drug-likeness (QED) is 0.457. The summed E-state index contributed by atoms with van der Waals surface area (Å²) in [5.74, 6) is -2.43. The molecule has 0 spiro atoms. The van der Waals surface area contributed by atoms with Gasteiger partial charge in [-0.1, -0.05) is 18.2 Å². The molecule has 1 N–H and O–H groups in total. The molecule has 27 heavy (non-hydrogen) atoms. The number of ether oxygens (including phenoxy) is 2. The number of halogens is 1. The van der Waals surface area contributed by atoms with E-state index in [-0.39, 0.29) is 23.3 Å². The number of nitrogens with one attached hydrogen (secondary N) is 1. The Kier molecular flexibility index (Phi) is 6.65. The van der Waals surface area contributed by atoms with Gasteiger partial charge >= 0.3 is 11.9 Å². The van der Waals surface area contributed by atoms with Crippen molar-refractivity contribution in [3.8, 4) is 0 Å². The summed E-state index contributed by atoms with van der Waals surface area (Å²) in [6.45, 7) is 4.58. The van der Waals surface area contributed by atoms with E-state index in [0.717, 1.165) is 6.08 Å². The van der Waals surface area contributed by atoms with Crippen LogP contribution in [0.2, 0.25) is 0 Å². The van der Waals surface area contributed by atoms with E-state index >= 15 is 0 Å². The third kappa shape index (κ3) is 4.91. The second kappa shape index (κ2) is 8.93. The number of carbonyl (C=O) groups is 3. The Hall–Kier alpha value is -3.22. The molecule has 0 unspecified atom stereocenters. The first-order valence-corrected chi connectivity index (χ1v) is 8.34. The van der Waals surface area contributed by atoms with Crippen LogP contribution in [-0.2, 0) is 14.3 Å². The summed E-state index contributed by atoms with van der Waals surface area (Å²) in [4.78, 5) is 39.2. The highest BCUT2D eigenvalue weighted by molar-refractivity contribution is 6.09. The molecular weight excluding hydrogens is 353 g/mol. The molecule has 0 saturated heterocycles. The Balaban J connectivity index is 2.07. The molecule has 142 valence electrons. The molecule has 1 aromatic heterocycles. The number of aromatic amines is 1. The Bertz CT molecular complexity index is 898. The largest absolute Gasteiger partial charge is 0.462 e. The molecule has 2 aromatic rings. The molecule has 0 atom stereocenters. The van der Waals surface area contributed by atoms with Crippen molar-refractivity contribution in [2.75, 3.05) is 13.2 Å². The summed E-state index contributed by atoms with van der Waals surface area (Å²) >= 11 is 0. The van der Waals surface area contributed by atoms with E-state index in [9.17, 15) is 18.8 Å². The number of carbonyl (C=O) groups excluding carboxylic acids is 3. The number of H-pyrrole nitrogens is 1. The van der Waals surface area contributed by atoms with Crippen LogP contribution in [0.1, 0.15) is 44.6 Å². The summed E-state index contributed by atoms with van der Waals surface area (Å²) in [7, 11) is 0. The standard InChI is InChI=1S/C20H20FNO5/c1-4-26-20(25)19-13(3)22-12(2)18(19)16(23)11-27-17(24)10-9-14-7-5-6-8-15(14)21/h5-10,22H,4,11H2,1-3H3/b10-9+.